The fourth-order valence-electron chi connectivity index (χ4n) is 2.34. The Morgan fingerprint density at radius 1 is 0.955 bits per heavy atom. The zero-order valence-electron chi connectivity index (χ0n) is 13.0. The highest BCUT2D eigenvalue weighted by molar-refractivity contribution is 5.70. The van der Waals surface area contributed by atoms with Gasteiger partial charge in [-0.3, -0.25) is 5.10 Å². The Balaban J connectivity index is 1.89. The number of methoxy groups -OCH3 is 1. The van der Waals surface area contributed by atoms with Gasteiger partial charge < -0.3 is 9.64 Å². The molecular formula is C18H19N3O. The van der Waals surface area contributed by atoms with E-state index in [4.69, 9.17) is 4.74 Å². The lowest BCUT2D eigenvalue weighted by atomic mass is 10.1. The van der Waals surface area contributed by atoms with Crippen LogP contribution in [0, 0.1) is 0 Å². The number of H-pyrrole nitrogens is 1. The van der Waals surface area contributed by atoms with Gasteiger partial charge in [0.2, 0.25) is 0 Å². The Kier molecular flexibility index (Phi) is 3.83. The van der Waals surface area contributed by atoms with Crippen molar-refractivity contribution in [2.75, 3.05) is 26.1 Å². The van der Waals surface area contributed by atoms with Crippen LogP contribution in [0.5, 0.6) is 5.75 Å². The summed E-state index contributed by atoms with van der Waals surface area (Å²) in [7, 11) is 5.73. The summed E-state index contributed by atoms with van der Waals surface area (Å²) >= 11 is 0. The van der Waals surface area contributed by atoms with Crippen molar-refractivity contribution in [3.8, 4) is 28.3 Å². The molecule has 0 atom stereocenters. The van der Waals surface area contributed by atoms with E-state index in [-0.39, 0.29) is 0 Å². The number of rotatable bonds is 4. The third-order valence-electron chi connectivity index (χ3n) is 3.64. The normalized spacial score (nSPS) is 10.5. The van der Waals surface area contributed by atoms with E-state index in [2.05, 4.69) is 45.4 Å². The molecule has 0 bridgehead atoms. The number of nitrogens with zero attached hydrogens (tertiary/aromatic N) is 2. The summed E-state index contributed by atoms with van der Waals surface area (Å²) in [6.45, 7) is 0. The van der Waals surface area contributed by atoms with Crippen molar-refractivity contribution in [2.24, 2.45) is 0 Å². The van der Waals surface area contributed by atoms with E-state index >= 15 is 0 Å². The van der Waals surface area contributed by atoms with Crippen LogP contribution in [0.4, 0.5) is 5.69 Å². The van der Waals surface area contributed by atoms with Gasteiger partial charge in [0.25, 0.3) is 0 Å². The molecule has 0 amide bonds. The van der Waals surface area contributed by atoms with E-state index in [0.717, 1.165) is 28.3 Å². The van der Waals surface area contributed by atoms with Crippen molar-refractivity contribution in [1.82, 2.24) is 10.2 Å². The van der Waals surface area contributed by atoms with Crippen molar-refractivity contribution >= 4 is 5.69 Å². The van der Waals surface area contributed by atoms with E-state index in [1.165, 1.54) is 5.69 Å². The molecule has 0 aliphatic carbocycles. The summed E-state index contributed by atoms with van der Waals surface area (Å²) in [4.78, 5) is 2.08. The predicted octanol–water partition coefficient (Wildman–Crippen LogP) is 3.82. The van der Waals surface area contributed by atoms with Crippen LogP contribution in [0.3, 0.4) is 0 Å². The van der Waals surface area contributed by atoms with Gasteiger partial charge in [0, 0.05) is 30.9 Å². The smallest absolute Gasteiger partial charge is 0.119 e. The summed E-state index contributed by atoms with van der Waals surface area (Å²) in [5.74, 6) is 0.837. The molecule has 0 aliphatic rings. The number of nitrogens with one attached hydrogen (secondary N) is 1. The van der Waals surface area contributed by atoms with Gasteiger partial charge in [0.05, 0.1) is 18.5 Å². The summed E-state index contributed by atoms with van der Waals surface area (Å²) in [6.07, 6.45) is 0. The van der Waals surface area contributed by atoms with Crippen molar-refractivity contribution in [3.63, 3.8) is 0 Å². The Morgan fingerprint density at radius 3 is 2.41 bits per heavy atom. The second kappa shape index (κ2) is 5.93. The van der Waals surface area contributed by atoms with Gasteiger partial charge >= 0.3 is 0 Å². The molecule has 112 valence electrons. The molecule has 0 aliphatic heterocycles. The highest BCUT2D eigenvalue weighted by Crippen LogP contribution is 2.27. The standard InChI is InChI=1S/C18H19N3O/c1-21(2)15-9-7-13(8-10-15)17-12-18(20-19-17)14-5-4-6-16(11-14)22-3/h4-12H,1-3H3,(H,19,20). The lowest BCUT2D eigenvalue weighted by molar-refractivity contribution is 0.415. The van der Waals surface area contributed by atoms with Gasteiger partial charge in [0.1, 0.15) is 5.75 Å². The molecule has 0 saturated heterocycles. The molecule has 0 unspecified atom stereocenters. The second-order valence-electron chi connectivity index (χ2n) is 5.34. The molecule has 4 nitrogen and oxygen atoms in total. The van der Waals surface area contributed by atoms with Crippen LogP contribution in [-0.4, -0.2) is 31.4 Å². The number of hydrogen-bond acceptors (Lipinski definition) is 3. The number of aromatic nitrogens is 2. The predicted molar refractivity (Wildman–Crippen MR) is 90.3 cm³/mol. The largest absolute Gasteiger partial charge is 0.497 e. The van der Waals surface area contributed by atoms with E-state index in [1.807, 2.05) is 38.4 Å². The Hall–Kier alpha value is -2.75. The van der Waals surface area contributed by atoms with E-state index in [9.17, 15) is 0 Å². The summed E-state index contributed by atoms with van der Waals surface area (Å²) in [5.41, 5.74) is 5.24. The number of hydrogen-bond donors (Lipinski definition) is 1. The summed E-state index contributed by atoms with van der Waals surface area (Å²) < 4.78 is 5.26. The number of ether oxygens (including phenoxy) is 1. The van der Waals surface area contributed by atoms with E-state index in [0.29, 0.717) is 0 Å². The lowest BCUT2D eigenvalue weighted by Crippen LogP contribution is -2.07. The highest BCUT2D eigenvalue weighted by Gasteiger charge is 2.07. The molecule has 0 saturated carbocycles. The van der Waals surface area contributed by atoms with Crippen molar-refractivity contribution in [3.05, 3.63) is 54.6 Å². The van der Waals surface area contributed by atoms with Gasteiger partial charge in [-0.05, 0) is 30.3 Å². The molecule has 3 aromatic rings. The minimum absolute atomic E-state index is 0.837. The number of aromatic amines is 1. The minimum Gasteiger partial charge on any atom is -0.497 e. The first-order valence-corrected chi connectivity index (χ1v) is 7.15. The van der Waals surface area contributed by atoms with Gasteiger partial charge in [0.15, 0.2) is 0 Å². The third-order valence-corrected chi connectivity index (χ3v) is 3.64. The molecule has 4 heteroatoms. The maximum Gasteiger partial charge on any atom is 0.119 e. The monoisotopic (exact) mass is 293 g/mol. The first-order valence-electron chi connectivity index (χ1n) is 7.15. The Labute approximate surface area is 130 Å². The van der Waals surface area contributed by atoms with Crippen LogP contribution in [0.2, 0.25) is 0 Å². The van der Waals surface area contributed by atoms with Crippen molar-refractivity contribution < 1.29 is 4.74 Å². The third kappa shape index (κ3) is 2.81. The maximum absolute atomic E-state index is 5.26. The SMILES string of the molecule is COc1cccc(-c2cc(-c3ccc(N(C)C)cc3)n[nH]2)c1. The number of benzene rings is 2. The summed E-state index contributed by atoms with van der Waals surface area (Å²) in [6, 6.07) is 18.3. The van der Waals surface area contributed by atoms with Crippen LogP contribution in [0.15, 0.2) is 54.6 Å². The first-order chi connectivity index (χ1) is 10.7. The zero-order valence-corrected chi connectivity index (χ0v) is 13.0. The molecule has 22 heavy (non-hydrogen) atoms. The van der Waals surface area contributed by atoms with Crippen LogP contribution in [-0.2, 0) is 0 Å². The number of anilines is 1. The van der Waals surface area contributed by atoms with Crippen LogP contribution in [0.1, 0.15) is 0 Å². The Morgan fingerprint density at radius 2 is 1.73 bits per heavy atom. The average molecular weight is 293 g/mol. The van der Waals surface area contributed by atoms with Gasteiger partial charge in [-0.2, -0.15) is 5.10 Å². The fourth-order valence-corrected chi connectivity index (χ4v) is 2.34. The van der Waals surface area contributed by atoms with Crippen LogP contribution < -0.4 is 9.64 Å². The van der Waals surface area contributed by atoms with E-state index in [1.54, 1.807) is 7.11 Å². The minimum atomic E-state index is 0.837. The molecule has 1 N–H and O–H groups in total. The van der Waals surface area contributed by atoms with Gasteiger partial charge in [-0.1, -0.05) is 24.3 Å². The zero-order chi connectivity index (χ0) is 15.5. The average Bonchev–Trinajstić information content (AvgIpc) is 3.05. The van der Waals surface area contributed by atoms with Gasteiger partial charge in [-0.15, -0.1) is 0 Å². The molecule has 0 fully saturated rings. The van der Waals surface area contributed by atoms with Crippen molar-refractivity contribution in [2.45, 2.75) is 0 Å². The topological polar surface area (TPSA) is 41.1 Å². The van der Waals surface area contributed by atoms with Crippen LogP contribution in [0.25, 0.3) is 22.5 Å². The quantitative estimate of drug-likeness (QED) is 0.795. The van der Waals surface area contributed by atoms with Crippen LogP contribution >= 0.6 is 0 Å². The second-order valence-corrected chi connectivity index (χ2v) is 5.34. The molecule has 1 heterocycles. The Bertz CT molecular complexity index is 760. The molecular weight excluding hydrogens is 274 g/mol. The summed E-state index contributed by atoms with van der Waals surface area (Å²) in [5, 5.41) is 7.51. The van der Waals surface area contributed by atoms with E-state index < -0.39 is 0 Å². The first kappa shape index (κ1) is 14.2. The maximum atomic E-state index is 5.26. The molecule has 0 radical (unpaired) electrons. The molecule has 2 aromatic carbocycles. The van der Waals surface area contributed by atoms with Crippen molar-refractivity contribution in [1.29, 1.82) is 0 Å². The molecule has 1 aromatic heterocycles. The molecule has 0 spiro atoms. The van der Waals surface area contributed by atoms with Gasteiger partial charge in [-0.25, -0.2) is 0 Å². The molecule has 3 rings (SSSR count). The fraction of sp³-hybridized carbons (Fsp3) is 0.167. The lowest BCUT2D eigenvalue weighted by Gasteiger charge is -2.12. The highest BCUT2D eigenvalue weighted by atomic mass is 16.5.